The molecule has 1 aliphatic rings. The molecule has 1 aromatic heterocycles. The summed E-state index contributed by atoms with van der Waals surface area (Å²) in [4.78, 5) is 44.7. The van der Waals surface area contributed by atoms with Crippen molar-refractivity contribution in [1.82, 2.24) is 15.3 Å². The molecule has 4 rings (SSSR count). The van der Waals surface area contributed by atoms with Crippen molar-refractivity contribution in [3.05, 3.63) is 58.5 Å². The predicted molar refractivity (Wildman–Crippen MR) is 114 cm³/mol. The van der Waals surface area contributed by atoms with E-state index in [1.165, 1.54) is 0 Å². The summed E-state index contributed by atoms with van der Waals surface area (Å²) in [6.45, 7) is 2.54. The minimum Gasteiger partial charge on any atom is -0.350 e. The van der Waals surface area contributed by atoms with E-state index >= 15 is 0 Å². The quantitative estimate of drug-likeness (QED) is 0.602. The molecule has 3 aromatic rings. The third-order valence-corrected chi connectivity index (χ3v) is 6.06. The number of thioether (sulfide) groups is 1. The van der Waals surface area contributed by atoms with E-state index in [1.54, 1.807) is 22.7 Å². The van der Waals surface area contributed by atoms with E-state index in [9.17, 15) is 14.4 Å². The van der Waals surface area contributed by atoms with Gasteiger partial charge in [0.25, 0.3) is 0 Å². The molecule has 7 nitrogen and oxygen atoms in total. The number of hydrogen-bond donors (Lipinski definition) is 3. The van der Waals surface area contributed by atoms with E-state index in [0.717, 1.165) is 27.4 Å². The monoisotopic (exact) mass is 410 g/mol. The summed E-state index contributed by atoms with van der Waals surface area (Å²) in [6.07, 6.45) is 0.305. The molecule has 0 aliphatic carbocycles. The van der Waals surface area contributed by atoms with E-state index in [0.29, 0.717) is 12.1 Å². The Morgan fingerprint density at radius 2 is 1.93 bits per heavy atom. The summed E-state index contributed by atoms with van der Waals surface area (Å²) < 4.78 is 0. The van der Waals surface area contributed by atoms with Crippen molar-refractivity contribution in [2.45, 2.75) is 30.7 Å². The molecule has 0 fully saturated rings. The van der Waals surface area contributed by atoms with Crippen LogP contribution in [-0.4, -0.2) is 34.1 Å². The lowest BCUT2D eigenvalue weighted by molar-refractivity contribution is -0.125. The van der Waals surface area contributed by atoms with Crippen molar-refractivity contribution in [2.24, 2.45) is 0 Å². The highest BCUT2D eigenvalue weighted by molar-refractivity contribution is 7.99. The SMILES string of the molecule is CC(NC(=O)CCC(=O)N1CCSc2ccccc21)c1ccc2[nH]c(=O)[nH]c2c1. The van der Waals surface area contributed by atoms with E-state index in [4.69, 9.17) is 0 Å². The Morgan fingerprint density at radius 3 is 2.79 bits per heavy atom. The van der Waals surface area contributed by atoms with Gasteiger partial charge in [-0.05, 0) is 36.8 Å². The number of rotatable bonds is 5. The summed E-state index contributed by atoms with van der Waals surface area (Å²) in [5, 5.41) is 2.93. The van der Waals surface area contributed by atoms with Gasteiger partial charge in [0.15, 0.2) is 0 Å². The summed E-state index contributed by atoms with van der Waals surface area (Å²) in [7, 11) is 0. The van der Waals surface area contributed by atoms with E-state index < -0.39 is 0 Å². The number of imidazole rings is 1. The molecule has 0 saturated heterocycles. The molecule has 1 atom stereocenters. The second-order valence-corrected chi connectivity index (χ2v) is 8.17. The smallest absolute Gasteiger partial charge is 0.323 e. The van der Waals surface area contributed by atoms with Crippen LogP contribution < -0.4 is 15.9 Å². The highest BCUT2D eigenvalue weighted by Crippen LogP contribution is 2.34. The van der Waals surface area contributed by atoms with Gasteiger partial charge in [-0.25, -0.2) is 4.79 Å². The molecule has 0 saturated carbocycles. The Morgan fingerprint density at radius 1 is 1.14 bits per heavy atom. The number of nitrogens with one attached hydrogen (secondary N) is 3. The van der Waals surface area contributed by atoms with Crippen LogP contribution in [0.3, 0.4) is 0 Å². The number of benzene rings is 2. The molecule has 1 unspecified atom stereocenters. The molecule has 2 heterocycles. The van der Waals surface area contributed by atoms with Crippen LogP contribution in [0.15, 0.2) is 52.2 Å². The average molecular weight is 410 g/mol. The predicted octanol–water partition coefficient (Wildman–Crippen LogP) is 2.95. The number of hydrogen-bond acceptors (Lipinski definition) is 4. The molecule has 1 aliphatic heterocycles. The molecule has 0 bridgehead atoms. The molecule has 3 N–H and O–H groups in total. The van der Waals surface area contributed by atoms with Gasteiger partial charge in [0, 0.05) is 30.0 Å². The number of fused-ring (bicyclic) bond motifs is 2. The zero-order chi connectivity index (χ0) is 20.4. The first-order valence-corrected chi connectivity index (χ1v) is 10.5. The zero-order valence-electron chi connectivity index (χ0n) is 16.0. The van der Waals surface area contributed by atoms with Crippen LogP contribution in [-0.2, 0) is 9.59 Å². The van der Waals surface area contributed by atoms with Gasteiger partial charge in [-0.2, -0.15) is 0 Å². The normalized spacial score (nSPS) is 14.4. The minimum atomic E-state index is -0.259. The number of aromatic amines is 2. The van der Waals surface area contributed by atoms with Gasteiger partial charge in [-0.3, -0.25) is 9.59 Å². The van der Waals surface area contributed by atoms with Gasteiger partial charge in [0.2, 0.25) is 11.8 Å². The van der Waals surface area contributed by atoms with Gasteiger partial charge in [-0.15, -0.1) is 11.8 Å². The summed E-state index contributed by atoms with van der Waals surface area (Å²) in [6, 6.07) is 13.1. The fourth-order valence-corrected chi connectivity index (χ4v) is 4.50. The van der Waals surface area contributed by atoms with Crippen molar-refractivity contribution in [2.75, 3.05) is 17.2 Å². The Hall–Kier alpha value is -3.00. The molecule has 2 amide bonds. The van der Waals surface area contributed by atoms with E-state index in [1.807, 2.05) is 43.3 Å². The molecule has 29 heavy (non-hydrogen) atoms. The first-order valence-electron chi connectivity index (χ1n) is 9.55. The highest BCUT2D eigenvalue weighted by atomic mass is 32.2. The zero-order valence-corrected chi connectivity index (χ0v) is 16.8. The van der Waals surface area contributed by atoms with Crippen molar-refractivity contribution < 1.29 is 9.59 Å². The standard InChI is InChI=1S/C21H22N4O3S/c1-13(14-6-7-15-16(12-14)24-21(28)23-15)22-19(26)8-9-20(27)25-10-11-29-18-5-3-2-4-17(18)25/h2-7,12-13H,8-11H2,1H3,(H,22,26)(H2,23,24,28). The topological polar surface area (TPSA) is 98.1 Å². The summed E-state index contributed by atoms with van der Waals surface area (Å²) >= 11 is 1.74. The Labute approximate surface area is 171 Å². The highest BCUT2D eigenvalue weighted by Gasteiger charge is 2.23. The Balaban J connectivity index is 1.35. The molecule has 8 heteroatoms. The molecular formula is C21H22N4O3S. The van der Waals surface area contributed by atoms with Crippen LogP contribution in [0.5, 0.6) is 0 Å². The lowest BCUT2D eigenvalue weighted by Crippen LogP contribution is -2.36. The third-order valence-electron chi connectivity index (χ3n) is 5.01. The number of amides is 2. The van der Waals surface area contributed by atoms with Gasteiger partial charge in [0.1, 0.15) is 0 Å². The molecule has 150 valence electrons. The van der Waals surface area contributed by atoms with Crippen LogP contribution in [0.1, 0.15) is 31.4 Å². The number of nitrogens with zero attached hydrogens (tertiary/aromatic N) is 1. The molecule has 2 aromatic carbocycles. The number of aromatic nitrogens is 2. The van der Waals surface area contributed by atoms with Crippen molar-refractivity contribution >= 4 is 40.3 Å². The lowest BCUT2D eigenvalue weighted by atomic mass is 10.1. The summed E-state index contributed by atoms with van der Waals surface area (Å²) in [5.41, 5.74) is 2.98. The van der Waals surface area contributed by atoms with Crippen molar-refractivity contribution in [1.29, 1.82) is 0 Å². The van der Waals surface area contributed by atoms with Crippen LogP contribution >= 0.6 is 11.8 Å². The molecular weight excluding hydrogens is 388 g/mol. The van der Waals surface area contributed by atoms with E-state index in [2.05, 4.69) is 15.3 Å². The average Bonchev–Trinajstić information content (AvgIpc) is 3.10. The number of carbonyl (C=O) groups is 2. The summed E-state index contributed by atoms with van der Waals surface area (Å²) in [5.74, 6) is 0.649. The fraction of sp³-hybridized carbons (Fsp3) is 0.286. The first-order chi connectivity index (χ1) is 14.0. The fourth-order valence-electron chi connectivity index (χ4n) is 3.50. The maximum Gasteiger partial charge on any atom is 0.323 e. The minimum absolute atomic E-state index is 0.0353. The Kier molecular flexibility index (Phi) is 5.44. The van der Waals surface area contributed by atoms with Gasteiger partial charge in [0.05, 0.1) is 22.8 Å². The number of H-pyrrole nitrogens is 2. The van der Waals surface area contributed by atoms with E-state index in [-0.39, 0.29) is 36.4 Å². The number of para-hydroxylation sites is 1. The molecule has 0 radical (unpaired) electrons. The molecule has 0 spiro atoms. The van der Waals surface area contributed by atoms with Crippen molar-refractivity contribution in [3.63, 3.8) is 0 Å². The van der Waals surface area contributed by atoms with Gasteiger partial charge < -0.3 is 20.2 Å². The maximum absolute atomic E-state index is 12.7. The number of carbonyl (C=O) groups excluding carboxylic acids is 2. The van der Waals surface area contributed by atoms with Crippen LogP contribution in [0.4, 0.5) is 5.69 Å². The lowest BCUT2D eigenvalue weighted by Gasteiger charge is -2.29. The van der Waals surface area contributed by atoms with Crippen molar-refractivity contribution in [3.8, 4) is 0 Å². The maximum atomic E-state index is 12.7. The van der Waals surface area contributed by atoms with Crippen LogP contribution in [0, 0.1) is 0 Å². The third kappa shape index (κ3) is 4.22. The first kappa shape index (κ1) is 19.3. The second kappa shape index (κ2) is 8.16. The van der Waals surface area contributed by atoms with Gasteiger partial charge >= 0.3 is 5.69 Å². The van der Waals surface area contributed by atoms with Crippen LogP contribution in [0.25, 0.3) is 11.0 Å². The van der Waals surface area contributed by atoms with Crippen LogP contribution in [0.2, 0.25) is 0 Å². The van der Waals surface area contributed by atoms with Gasteiger partial charge in [-0.1, -0.05) is 18.2 Å². The number of anilines is 1. The largest absolute Gasteiger partial charge is 0.350 e. The Bertz CT molecular complexity index is 1120. The second-order valence-electron chi connectivity index (χ2n) is 7.03.